The maximum Gasteiger partial charge on any atom is 0.435 e. The van der Waals surface area contributed by atoms with Crippen LogP contribution in [0.3, 0.4) is 0 Å². The highest BCUT2D eigenvalue weighted by atomic mass is 19.4. The third kappa shape index (κ3) is 2.02. The van der Waals surface area contributed by atoms with Gasteiger partial charge < -0.3 is 5.11 Å². The van der Waals surface area contributed by atoms with Crippen molar-refractivity contribution in [2.75, 3.05) is 0 Å². The van der Waals surface area contributed by atoms with Crippen molar-refractivity contribution < 1.29 is 18.3 Å². The van der Waals surface area contributed by atoms with Crippen molar-refractivity contribution in [2.45, 2.75) is 24.7 Å². The molecule has 100 valence electrons. The Morgan fingerprint density at radius 1 is 1.21 bits per heavy atom. The van der Waals surface area contributed by atoms with Gasteiger partial charge in [0.1, 0.15) is 6.10 Å². The third-order valence-electron chi connectivity index (χ3n) is 3.41. The van der Waals surface area contributed by atoms with Crippen LogP contribution in [-0.2, 0) is 12.6 Å². The molecule has 2 atom stereocenters. The van der Waals surface area contributed by atoms with E-state index in [2.05, 4.69) is 5.10 Å². The smallest absolute Gasteiger partial charge is 0.386 e. The van der Waals surface area contributed by atoms with Gasteiger partial charge in [-0.3, -0.25) is 4.68 Å². The Bertz CT molecular complexity index is 606. The number of hydrogen-bond acceptors (Lipinski definition) is 2. The summed E-state index contributed by atoms with van der Waals surface area (Å²) in [5, 5.41) is 13.7. The average molecular weight is 268 g/mol. The number of aliphatic hydroxyl groups excluding tert-OH is 1. The number of aliphatic hydroxyl groups is 1. The lowest BCUT2D eigenvalue weighted by Crippen LogP contribution is -2.16. The molecule has 0 saturated carbocycles. The fourth-order valence-corrected chi connectivity index (χ4v) is 2.46. The largest absolute Gasteiger partial charge is 0.435 e. The van der Waals surface area contributed by atoms with Gasteiger partial charge in [0.2, 0.25) is 0 Å². The van der Waals surface area contributed by atoms with Gasteiger partial charge in [0, 0.05) is 6.20 Å². The van der Waals surface area contributed by atoms with Crippen LogP contribution in [0.25, 0.3) is 0 Å². The van der Waals surface area contributed by atoms with E-state index in [1.165, 1.54) is 10.9 Å². The second-order valence-electron chi connectivity index (χ2n) is 4.59. The molecule has 1 aliphatic rings. The first-order chi connectivity index (χ1) is 8.97. The van der Waals surface area contributed by atoms with E-state index in [0.717, 1.165) is 17.2 Å². The predicted octanol–water partition coefficient (Wildman–Crippen LogP) is 2.73. The Morgan fingerprint density at radius 2 is 1.95 bits per heavy atom. The van der Waals surface area contributed by atoms with E-state index in [1.807, 2.05) is 12.1 Å². The van der Waals surface area contributed by atoms with Crippen molar-refractivity contribution in [3.63, 3.8) is 0 Å². The SMILES string of the molecule is OC1c2ccccc2CC1n1ccc(C(F)(F)F)n1. The third-order valence-corrected chi connectivity index (χ3v) is 3.41. The van der Waals surface area contributed by atoms with Crippen molar-refractivity contribution in [3.05, 3.63) is 53.3 Å². The van der Waals surface area contributed by atoms with Gasteiger partial charge in [-0.15, -0.1) is 0 Å². The predicted molar refractivity (Wildman–Crippen MR) is 61.4 cm³/mol. The van der Waals surface area contributed by atoms with Gasteiger partial charge in [0.15, 0.2) is 5.69 Å². The molecule has 6 heteroatoms. The topological polar surface area (TPSA) is 38.0 Å². The Morgan fingerprint density at radius 3 is 2.58 bits per heavy atom. The number of benzene rings is 1. The van der Waals surface area contributed by atoms with E-state index in [9.17, 15) is 18.3 Å². The van der Waals surface area contributed by atoms with Gasteiger partial charge in [-0.05, 0) is 23.6 Å². The molecule has 0 radical (unpaired) electrons. The van der Waals surface area contributed by atoms with Gasteiger partial charge >= 0.3 is 6.18 Å². The number of rotatable bonds is 1. The van der Waals surface area contributed by atoms with Crippen LogP contribution in [0.1, 0.15) is 29.0 Å². The molecule has 0 saturated heterocycles. The van der Waals surface area contributed by atoms with Crippen LogP contribution in [0.4, 0.5) is 13.2 Å². The second-order valence-corrected chi connectivity index (χ2v) is 4.59. The Kier molecular flexibility index (Phi) is 2.63. The zero-order chi connectivity index (χ0) is 13.6. The lowest BCUT2D eigenvalue weighted by atomic mass is 10.1. The number of halogens is 3. The summed E-state index contributed by atoms with van der Waals surface area (Å²) in [6, 6.07) is 7.75. The minimum atomic E-state index is -4.46. The molecule has 3 nitrogen and oxygen atoms in total. The van der Waals surface area contributed by atoms with Gasteiger partial charge in [-0.1, -0.05) is 24.3 Å². The highest BCUT2D eigenvalue weighted by Gasteiger charge is 2.37. The molecule has 1 heterocycles. The Balaban J connectivity index is 1.92. The molecular weight excluding hydrogens is 257 g/mol. The molecule has 2 unspecified atom stereocenters. The summed E-state index contributed by atoms with van der Waals surface area (Å²) in [6.07, 6.45) is -3.53. The van der Waals surface area contributed by atoms with Crippen LogP contribution in [0.15, 0.2) is 36.5 Å². The van der Waals surface area contributed by atoms with Crippen LogP contribution in [-0.4, -0.2) is 14.9 Å². The standard InChI is InChI=1S/C13H11F3N2O/c14-13(15,16)11-5-6-18(17-11)10-7-8-3-1-2-4-9(8)12(10)19/h1-6,10,12,19H,7H2. The second kappa shape index (κ2) is 4.09. The lowest BCUT2D eigenvalue weighted by Gasteiger charge is -2.15. The first-order valence-corrected chi connectivity index (χ1v) is 5.85. The average Bonchev–Trinajstić information content (AvgIpc) is 2.94. The van der Waals surface area contributed by atoms with Crippen LogP contribution >= 0.6 is 0 Å². The van der Waals surface area contributed by atoms with E-state index in [0.29, 0.717) is 6.42 Å². The van der Waals surface area contributed by atoms with E-state index in [4.69, 9.17) is 0 Å². The molecule has 0 amide bonds. The number of fused-ring (bicyclic) bond motifs is 1. The summed E-state index contributed by atoms with van der Waals surface area (Å²) in [5.74, 6) is 0. The van der Waals surface area contributed by atoms with Gasteiger partial charge in [0.05, 0.1) is 6.04 Å². The van der Waals surface area contributed by atoms with E-state index in [1.54, 1.807) is 12.1 Å². The summed E-state index contributed by atoms with van der Waals surface area (Å²) in [4.78, 5) is 0. The summed E-state index contributed by atoms with van der Waals surface area (Å²) in [7, 11) is 0. The lowest BCUT2D eigenvalue weighted by molar-refractivity contribution is -0.141. The molecule has 1 aliphatic carbocycles. The summed E-state index contributed by atoms with van der Waals surface area (Å²) in [6.45, 7) is 0. The molecule has 1 aromatic carbocycles. The number of hydrogen-bond donors (Lipinski definition) is 1. The minimum Gasteiger partial charge on any atom is -0.386 e. The van der Waals surface area contributed by atoms with Gasteiger partial charge in [-0.2, -0.15) is 18.3 Å². The molecule has 0 bridgehead atoms. The highest BCUT2D eigenvalue weighted by Crippen LogP contribution is 2.39. The molecule has 1 aromatic heterocycles. The highest BCUT2D eigenvalue weighted by molar-refractivity contribution is 5.35. The Hall–Kier alpha value is -1.82. The first-order valence-electron chi connectivity index (χ1n) is 5.85. The molecule has 19 heavy (non-hydrogen) atoms. The van der Waals surface area contributed by atoms with E-state index >= 15 is 0 Å². The van der Waals surface area contributed by atoms with Crippen LogP contribution in [0.5, 0.6) is 0 Å². The zero-order valence-corrected chi connectivity index (χ0v) is 9.80. The van der Waals surface area contributed by atoms with E-state index in [-0.39, 0.29) is 0 Å². The summed E-state index contributed by atoms with van der Waals surface area (Å²) in [5.41, 5.74) is 0.774. The molecule has 0 aliphatic heterocycles. The number of nitrogens with zero attached hydrogens (tertiary/aromatic N) is 2. The van der Waals surface area contributed by atoms with Crippen molar-refractivity contribution >= 4 is 0 Å². The summed E-state index contributed by atoms with van der Waals surface area (Å²) < 4.78 is 38.7. The molecule has 1 N–H and O–H groups in total. The van der Waals surface area contributed by atoms with Crippen molar-refractivity contribution in [3.8, 4) is 0 Å². The molecule has 0 fully saturated rings. The van der Waals surface area contributed by atoms with Crippen molar-refractivity contribution in [1.29, 1.82) is 0 Å². The van der Waals surface area contributed by atoms with Crippen LogP contribution in [0, 0.1) is 0 Å². The van der Waals surface area contributed by atoms with Crippen LogP contribution in [0.2, 0.25) is 0 Å². The molecule has 0 spiro atoms. The minimum absolute atomic E-state index is 0.478. The van der Waals surface area contributed by atoms with Crippen LogP contribution < -0.4 is 0 Å². The van der Waals surface area contributed by atoms with Crippen molar-refractivity contribution in [2.24, 2.45) is 0 Å². The summed E-state index contributed by atoms with van der Waals surface area (Å²) >= 11 is 0. The quantitative estimate of drug-likeness (QED) is 0.863. The fraction of sp³-hybridized carbons (Fsp3) is 0.308. The molecular formula is C13H11F3N2O. The van der Waals surface area contributed by atoms with Gasteiger partial charge in [-0.25, -0.2) is 0 Å². The number of alkyl halides is 3. The normalized spacial score (nSPS) is 22.5. The zero-order valence-electron chi connectivity index (χ0n) is 9.80. The van der Waals surface area contributed by atoms with Crippen molar-refractivity contribution in [1.82, 2.24) is 9.78 Å². The molecule has 3 rings (SSSR count). The molecule has 2 aromatic rings. The Labute approximate surface area is 107 Å². The first kappa shape index (κ1) is 12.2. The number of aromatic nitrogens is 2. The van der Waals surface area contributed by atoms with Gasteiger partial charge in [0.25, 0.3) is 0 Å². The monoisotopic (exact) mass is 268 g/mol. The fourth-order valence-electron chi connectivity index (χ4n) is 2.46. The maximum absolute atomic E-state index is 12.5. The maximum atomic E-state index is 12.5. The van der Waals surface area contributed by atoms with E-state index < -0.39 is 24.0 Å².